The molecule has 0 amide bonds. The predicted octanol–water partition coefficient (Wildman–Crippen LogP) is 14.8. The van der Waals surface area contributed by atoms with Gasteiger partial charge in [-0.2, -0.15) is 0 Å². The third kappa shape index (κ3) is 7.87. The molecular weight excluding hydrogens is 629 g/mol. The number of hydrogen-bond donors (Lipinski definition) is 0. The van der Waals surface area contributed by atoms with E-state index in [1.54, 1.807) is 0 Å². The zero-order valence-corrected chi connectivity index (χ0v) is 34.7. The Morgan fingerprint density at radius 2 is 1.38 bits per heavy atom. The van der Waals surface area contributed by atoms with E-state index in [0.717, 1.165) is 12.2 Å². The van der Waals surface area contributed by atoms with Crippen LogP contribution in [0.3, 0.4) is 0 Å². The normalized spacial score (nSPS) is 16.4. The topological polar surface area (TPSA) is 17.8 Å². The third-order valence-electron chi connectivity index (χ3n) is 11.7. The number of unbranched alkanes of at least 4 members (excludes halogenated alkanes) is 2. The minimum absolute atomic E-state index is 0.0961. The van der Waals surface area contributed by atoms with Crippen molar-refractivity contribution in [1.82, 2.24) is 9.55 Å². The quantitative estimate of drug-likeness (QED) is 0.135. The van der Waals surface area contributed by atoms with Crippen molar-refractivity contribution in [3.63, 3.8) is 0 Å². The van der Waals surface area contributed by atoms with Crippen LogP contribution in [0.5, 0.6) is 0 Å². The first-order chi connectivity index (χ1) is 24.6. The van der Waals surface area contributed by atoms with E-state index in [2.05, 4.69) is 174 Å². The lowest BCUT2D eigenvalue weighted by molar-refractivity contribution is 0.529. The molecular formula is C50H66N2. The first kappa shape index (κ1) is 39.3. The highest BCUT2D eigenvalue weighted by molar-refractivity contribution is 5.80. The van der Waals surface area contributed by atoms with E-state index in [4.69, 9.17) is 4.98 Å². The molecule has 1 aromatic heterocycles. The summed E-state index contributed by atoms with van der Waals surface area (Å²) in [6.45, 7) is 30.1. The summed E-state index contributed by atoms with van der Waals surface area (Å²) in [6, 6.07) is 27.8. The summed E-state index contributed by atoms with van der Waals surface area (Å²) in [7, 11) is 0. The number of aryl methyl sites for hydroxylation is 2. The Kier molecular flexibility index (Phi) is 12.1. The molecule has 4 aromatic carbocycles. The summed E-state index contributed by atoms with van der Waals surface area (Å²) in [5.74, 6) is 2.34. The number of nitrogens with zero attached hydrogens (tertiary/aromatic N) is 2. The molecule has 5 aromatic rings. The summed E-state index contributed by atoms with van der Waals surface area (Å²) in [5.41, 5.74) is 16.3. The SMILES string of the molecule is CCCCC.Cc1cccc(C)c1-c1ccc(C2(C)CC2(C)C)c(-c2nccn2-c2c(C(C)C)ccc(-c3cccc(CC(C)C)c3)c2C(C)C)c1. The molecule has 0 N–H and O–H groups in total. The maximum Gasteiger partial charge on any atom is 0.144 e. The van der Waals surface area contributed by atoms with Crippen molar-refractivity contribution in [3.05, 3.63) is 119 Å². The van der Waals surface area contributed by atoms with Gasteiger partial charge in [-0.25, -0.2) is 4.98 Å². The smallest absolute Gasteiger partial charge is 0.144 e. The molecule has 1 unspecified atom stereocenters. The van der Waals surface area contributed by atoms with E-state index in [1.807, 2.05) is 6.20 Å². The molecule has 1 heterocycles. The molecule has 2 nitrogen and oxygen atoms in total. The fourth-order valence-electron chi connectivity index (χ4n) is 8.50. The second-order valence-corrected chi connectivity index (χ2v) is 17.5. The molecule has 1 aliphatic rings. The minimum atomic E-state index is 0.0961. The van der Waals surface area contributed by atoms with Crippen molar-refractivity contribution < 1.29 is 0 Å². The standard InChI is InChI=1S/C45H54N2.C5H12/c1-28(2)24-33-16-13-17-34(25-33)37-20-19-36(29(3)4)42(40(37)30(5)6)47-23-22-46-43(47)38-26-35(41-31(7)14-12-15-32(41)8)18-21-39(38)45(11)27-44(45,9)10;1-3-5-4-2/h12-23,25-26,28-30H,24,27H2,1-11H3;3-5H2,1-2H3. The zero-order chi connectivity index (χ0) is 38.0. The molecule has 52 heavy (non-hydrogen) atoms. The molecule has 2 heteroatoms. The maximum atomic E-state index is 5.21. The highest BCUT2D eigenvalue weighted by Gasteiger charge is 2.59. The van der Waals surface area contributed by atoms with Crippen LogP contribution in [-0.4, -0.2) is 9.55 Å². The van der Waals surface area contributed by atoms with Crippen LogP contribution >= 0.6 is 0 Å². The van der Waals surface area contributed by atoms with Crippen LogP contribution in [0, 0.1) is 25.2 Å². The fraction of sp³-hybridized carbons (Fsp3) is 0.460. The molecule has 1 atom stereocenters. The number of benzene rings is 4. The molecule has 6 rings (SSSR count). The summed E-state index contributed by atoms with van der Waals surface area (Å²) in [4.78, 5) is 5.21. The molecule has 1 fully saturated rings. The molecule has 0 saturated heterocycles. The minimum Gasteiger partial charge on any atom is -0.299 e. The Hall–Kier alpha value is -3.91. The third-order valence-corrected chi connectivity index (χ3v) is 11.7. The van der Waals surface area contributed by atoms with Gasteiger partial charge in [0, 0.05) is 18.0 Å². The van der Waals surface area contributed by atoms with Crippen molar-refractivity contribution in [2.24, 2.45) is 11.3 Å². The van der Waals surface area contributed by atoms with Crippen molar-refractivity contribution in [2.75, 3.05) is 0 Å². The largest absolute Gasteiger partial charge is 0.299 e. The van der Waals surface area contributed by atoms with Crippen molar-refractivity contribution >= 4 is 0 Å². The number of aromatic nitrogens is 2. The summed E-state index contributed by atoms with van der Waals surface area (Å²) in [6.07, 6.45) is 10.6. The molecule has 1 saturated carbocycles. The lowest BCUT2D eigenvalue weighted by Gasteiger charge is -2.27. The van der Waals surface area contributed by atoms with E-state index < -0.39 is 0 Å². The van der Waals surface area contributed by atoms with Crippen molar-refractivity contribution in [1.29, 1.82) is 0 Å². The van der Waals surface area contributed by atoms with Crippen molar-refractivity contribution in [2.45, 2.75) is 139 Å². The van der Waals surface area contributed by atoms with Crippen LogP contribution < -0.4 is 0 Å². The first-order valence-corrected chi connectivity index (χ1v) is 20.2. The van der Waals surface area contributed by atoms with Crippen LogP contribution in [0.25, 0.3) is 39.3 Å². The van der Waals surface area contributed by atoms with Gasteiger partial charge in [-0.1, -0.05) is 162 Å². The van der Waals surface area contributed by atoms with Gasteiger partial charge in [0.2, 0.25) is 0 Å². The van der Waals surface area contributed by atoms with Gasteiger partial charge in [-0.3, -0.25) is 4.57 Å². The molecule has 0 radical (unpaired) electrons. The van der Waals surface area contributed by atoms with E-state index >= 15 is 0 Å². The van der Waals surface area contributed by atoms with Crippen LogP contribution in [0.15, 0.2) is 85.2 Å². The highest BCUT2D eigenvalue weighted by atomic mass is 15.1. The van der Waals surface area contributed by atoms with Gasteiger partial charge < -0.3 is 0 Å². The van der Waals surface area contributed by atoms with Crippen molar-refractivity contribution in [3.8, 4) is 39.3 Å². The Labute approximate surface area is 317 Å². The number of hydrogen-bond acceptors (Lipinski definition) is 1. The van der Waals surface area contributed by atoms with Gasteiger partial charge in [0.1, 0.15) is 5.82 Å². The molecule has 0 bridgehead atoms. The monoisotopic (exact) mass is 695 g/mol. The first-order valence-electron chi connectivity index (χ1n) is 20.2. The molecule has 276 valence electrons. The zero-order valence-electron chi connectivity index (χ0n) is 34.7. The summed E-state index contributed by atoms with van der Waals surface area (Å²) < 4.78 is 2.43. The van der Waals surface area contributed by atoms with Gasteiger partial charge >= 0.3 is 0 Å². The van der Waals surface area contributed by atoms with E-state index in [0.29, 0.717) is 17.8 Å². The predicted molar refractivity (Wildman–Crippen MR) is 227 cm³/mol. The maximum absolute atomic E-state index is 5.21. The van der Waals surface area contributed by atoms with E-state index in [1.165, 1.54) is 92.6 Å². The fourth-order valence-corrected chi connectivity index (χ4v) is 8.50. The van der Waals surface area contributed by atoms with Gasteiger partial charge in [0.05, 0.1) is 5.69 Å². The average molecular weight is 695 g/mol. The summed E-state index contributed by atoms with van der Waals surface area (Å²) >= 11 is 0. The average Bonchev–Trinajstić information content (AvgIpc) is 3.37. The Balaban J connectivity index is 0.000000979. The van der Waals surface area contributed by atoms with Gasteiger partial charge in [-0.05, 0) is 117 Å². The van der Waals surface area contributed by atoms with Crippen LogP contribution in [0.1, 0.15) is 147 Å². The Morgan fingerprint density at radius 1 is 0.731 bits per heavy atom. The second kappa shape index (κ2) is 16.0. The van der Waals surface area contributed by atoms with Crippen LogP contribution in [-0.2, 0) is 11.8 Å². The van der Waals surface area contributed by atoms with Gasteiger partial charge in [0.15, 0.2) is 0 Å². The number of rotatable bonds is 11. The second-order valence-electron chi connectivity index (χ2n) is 17.5. The van der Waals surface area contributed by atoms with Crippen LogP contribution in [0.4, 0.5) is 0 Å². The van der Waals surface area contributed by atoms with Gasteiger partial charge in [0.25, 0.3) is 0 Å². The van der Waals surface area contributed by atoms with E-state index in [-0.39, 0.29) is 10.8 Å². The van der Waals surface area contributed by atoms with E-state index in [9.17, 15) is 0 Å². The highest BCUT2D eigenvalue weighted by Crippen LogP contribution is 2.65. The van der Waals surface area contributed by atoms with Crippen LogP contribution in [0.2, 0.25) is 0 Å². The lowest BCUT2D eigenvalue weighted by atomic mass is 9.83. The molecule has 1 aliphatic carbocycles. The Morgan fingerprint density at radius 3 is 1.94 bits per heavy atom. The summed E-state index contributed by atoms with van der Waals surface area (Å²) in [5, 5.41) is 0. The number of imidazole rings is 1. The lowest BCUT2D eigenvalue weighted by Crippen LogP contribution is -2.14. The van der Waals surface area contributed by atoms with Gasteiger partial charge in [-0.15, -0.1) is 0 Å². The molecule has 0 spiro atoms. The Bertz CT molecular complexity index is 1960. The molecule has 0 aliphatic heterocycles.